The van der Waals surface area contributed by atoms with Gasteiger partial charge in [-0.15, -0.1) is 0 Å². The molecule has 3 rings (SSSR count). The van der Waals surface area contributed by atoms with E-state index in [4.69, 9.17) is 9.47 Å². The van der Waals surface area contributed by atoms with Crippen LogP contribution in [-0.4, -0.2) is 25.8 Å². The van der Waals surface area contributed by atoms with Crippen LogP contribution in [-0.2, 0) is 4.79 Å². The summed E-state index contributed by atoms with van der Waals surface area (Å²) in [5, 5.41) is 3.23. The third-order valence-electron chi connectivity index (χ3n) is 3.22. The molecule has 1 N–H and O–H groups in total. The van der Waals surface area contributed by atoms with Crippen molar-refractivity contribution >= 4 is 17.3 Å². The van der Waals surface area contributed by atoms with Crippen molar-refractivity contribution in [2.24, 2.45) is 0 Å². The number of ether oxygens (including phenoxy) is 2. The van der Waals surface area contributed by atoms with Gasteiger partial charge in [-0.25, -0.2) is 0 Å². The number of hydrogen-bond donors (Lipinski definition) is 1. The van der Waals surface area contributed by atoms with Gasteiger partial charge in [0.1, 0.15) is 6.04 Å². The highest BCUT2D eigenvalue weighted by molar-refractivity contribution is 6.05. The smallest absolute Gasteiger partial charge is 0.249 e. The molecule has 1 amide bonds. The Morgan fingerprint density at radius 2 is 2.12 bits per heavy atom. The Hall–Kier alpha value is -1.91. The number of carbonyl (C=O) groups is 1. The van der Waals surface area contributed by atoms with Crippen molar-refractivity contribution in [2.75, 3.05) is 24.1 Å². The van der Waals surface area contributed by atoms with Crippen LogP contribution in [0.3, 0.4) is 0 Å². The topological polar surface area (TPSA) is 50.8 Å². The largest absolute Gasteiger partial charge is 0.454 e. The molecule has 5 nitrogen and oxygen atoms in total. The lowest BCUT2D eigenvalue weighted by atomic mass is 10.1. The number of benzene rings is 1. The highest BCUT2D eigenvalue weighted by Crippen LogP contribution is 2.42. The van der Waals surface area contributed by atoms with Crippen LogP contribution in [0.2, 0.25) is 0 Å². The van der Waals surface area contributed by atoms with Crippen molar-refractivity contribution in [2.45, 2.75) is 19.4 Å². The summed E-state index contributed by atoms with van der Waals surface area (Å²) in [5.41, 5.74) is 1.76. The summed E-state index contributed by atoms with van der Waals surface area (Å²) in [6.07, 6.45) is 0.761. The molecular weight excluding hydrogens is 220 g/mol. The van der Waals surface area contributed by atoms with E-state index in [1.807, 2.05) is 19.1 Å². The monoisotopic (exact) mass is 234 g/mol. The van der Waals surface area contributed by atoms with Gasteiger partial charge in [0.15, 0.2) is 11.5 Å². The summed E-state index contributed by atoms with van der Waals surface area (Å²) in [6.45, 7) is 2.23. The summed E-state index contributed by atoms with van der Waals surface area (Å²) in [4.78, 5) is 13.7. The third kappa shape index (κ3) is 1.42. The van der Waals surface area contributed by atoms with Gasteiger partial charge in [0.25, 0.3) is 0 Å². The fourth-order valence-electron chi connectivity index (χ4n) is 2.20. The molecule has 2 aliphatic rings. The maximum absolute atomic E-state index is 12.0. The van der Waals surface area contributed by atoms with E-state index in [0.29, 0.717) is 5.75 Å². The lowest BCUT2D eigenvalue weighted by Crippen LogP contribution is -2.44. The molecule has 0 aliphatic carbocycles. The Balaban J connectivity index is 2.08. The molecule has 1 atom stereocenters. The van der Waals surface area contributed by atoms with Crippen molar-refractivity contribution < 1.29 is 14.3 Å². The van der Waals surface area contributed by atoms with Gasteiger partial charge in [0.2, 0.25) is 12.7 Å². The van der Waals surface area contributed by atoms with Crippen LogP contribution in [0.25, 0.3) is 0 Å². The van der Waals surface area contributed by atoms with Crippen LogP contribution in [0, 0.1) is 0 Å². The average molecular weight is 234 g/mol. The molecule has 0 saturated heterocycles. The molecule has 1 unspecified atom stereocenters. The van der Waals surface area contributed by atoms with Gasteiger partial charge >= 0.3 is 0 Å². The van der Waals surface area contributed by atoms with Crippen molar-refractivity contribution in [3.63, 3.8) is 0 Å². The number of likely N-dealkylation sites (N-methyl/N-ethyl adjacent to an activating group) is 1. The van der Waals surface area contributed by atoms with Crippen LogP contribution in [0.5, 0.6) is 11.5 Å². The normalized spacial score (nSPS) is 21.2. The number of nitrogens with zero attached hydrogens (tertiary/aromatic N) is 1. The Kier molecular flexibility index (Phi) is 2.14. The Morgan fingerprint density at radius 1 is 1.41 bits per heavy atom. The summed E-state index contributed by atoms with van der Waals surface area (Å²) < 4.78 is 10.6. The van der Waals surface area contributed by atoms with Crippen LogP contribution in [0.4, 0.5) is 11.4 Å². The molecular formula is C12H14N2O3. The van der Waals surface area contributed by atoms with Crippen molar-refractivity contribution in [3.8, 4) is 11.5 Å². The predicted octanol–water partition coefficient (Wildman–Crippen LogP) is 1.58. The quantitative estimate of drug-likeness (QED) is 0.801. The van der Waals surface area contributed by atoms with Gasteiger partial charge in [-0.3, -0.25) is 4.79 Å². The maximum Gasteiger partial charge on any atom is 0.249 e. The molecule has 2 heterocycles. The zero-order chi connectivity index (χ0) is 12.0. The molecule has 1 aromatic carbocycles. The zero-order valence-electron chi connectivity index (χ0n) is 9.82. The van der Waals surface area contributed by atoms with Crippen molar-refractivity contribution in [3.05, 3.63) is 12.1 Å². The molecule has 5 heteroatoms. The van der Waals surface area contributed by atoms with E-state index in [0.717, 1.165) is 23.5 Å². The molecule has 0 saturated carbocycles. The minimum Gasteiger partial charge on any atom is -0.454 e. The molecule has 0 radical (unpaired) electrons. The summed E-state index contributed by atoms with van der Waals surface area (Å²) in [7, 11) is 1.78. The Labute approximate surface area is 99.3 Å². The standard InChI is InChI=1S/C12H14N2O3/c1-3-7-12(15)14(2)9-5-11-10(16-6-17-11)4-8(9)13-7/h4-5,7,13H,3,6H2,1-2H3. The molecule has 2 aliphatic heterocycles. The first-order chi connectivity index (χ1) is 8.20. The fraction of sp³-hybridized carbons (Fsp3) is 0.417. The van der Waals surface area contributed by atoms with E-state index in [1.165, 1.54) is 0 Å². The number of amides is 1. The Bertz CT molecular complexity index is 487. The lowest BCUT2D eigenvalue weighted by molar-refractivity contribution is -0.119. The highest BCUT2D eigenvalue weighted by atomic mass is 16.7. The predicted molar refractivity (Wildman–Crippen MR) is 63.7 cm³/mol. The third-order valence-corrected chi connectivity index (χ3v) is 3.22. The summed E-state index contributed by atoms with van der Waals surface area (Å²) in [6, 6.07) is 3.57. The van der Waals surface area contributed by atoms with E-state index in [-0.39, 0.29) is 18.7 Å². The van der Waals surface area contributed by atoms with Crippen LogP contribution < -0.4 is 19.7 Å². The second-order valence-corrected chi connectivity index (χ2v) is 4.23. The van der Waals surface area contributed by atoms with E-state index in [9.17, 15) is 4.79 Å². The molecule has 90 valence electrons. The van der Waals surface area contributed by atoms with Crippen molar-refractivity contribution in [1.29, 1.82) is 0 Å². The second-order valence-electron chi connectivity index (χ2n) is 4.23. The first-order valence-corrected chi connectivity index (χ1v) is 5.68. The number of anilines is 2. The van der Waals surface area contributed by atoms with Gasteiger partial charge in [0.05, 0.1) is 11.4 Å². The Morgan fingerprint density at radius 3 is 2.82 bits per heavy atom. The van der Waals surface area contributed by atoms with Crippen LogP contribution in [0.15, 0.2) is 12.1 Å². The van der Waals surface area contributed by atoms with Gasteiger partial charge in [-0.05, 0) is 6.42 Å². The number of rotatable bonds is 1. The van der Waals surface area contributed by atoms with Gasteiger partial charge in [-0.1, -0.05) is 6.92 Å². The van der Waals surface area contributed by atoms with E-state index >= 15 is 0 Å². The molecule has 0 fully saturated rings. The first-order valence-electron chi connectivity index (χ1n) is 5.68. The molecule has 0 spiro atoms. The van der Waals surface area contributed by atoms with Crippen molar-refractivity contribution in [1.82, 2.24) is 0 Å². The number of fused-ring (bicyclic) bond motifs is 2. The SMILES string of the molecule is CCC1Nc2cc3c(cc2N(C)C1=O)OCO3. The van der Waals surface area contributed by atoms with Gasteiger partial charge < -0.3 is 19.7 Å². The molecule has 17 heavy (non-hydrogen) atoms. The van der Waals surface area contributed by atoms with Gasteiger partial charge in [0, 0.05) is 19.2 Å². The second kappa shape index (κ2) is 3.55. The minimum atomic E-state index is -0.159. The van der Waals surface area contributed by atoms with E-state index < -0.39 is 0 Å². The van der Waals surface area contributed by atoms with E-state index in [2.05, 4.69) is 5.32 Å². The summed E-state index contributed by atoms with van der Waals surface area (Å²) in [5.74, 6) is 1.51. The number of carbonyl (C=O) groups excluding carboxylic acids is 1. The molecule has 0 aromatic heterocycles. The molecule has 0 bridgehead atoms. The van der Waals surface area contributed by atoms with E-state index in [1.54, 1.807) is 11.9 Å². The summed E-state index contributed by atoms with van der Waals surface area (Å²) >= 11 is 0. The number of hydrogen-bond acceptors (Lipinski definition) is 4. The fourth-order valence-corrected chi connectivity index (χ4v) is 2.20. The lowest BCUT2D eigenvalue weighted by Gasteiger charge is -2.32. The number of nitrogens with one attached hydrogen (secondary N) is 1. The maximum atomic E-state index is 12.0. The minimum absolute atomic E-state index is 0.0823. The van der Waals surface area contributed by atoms with Crippen LogP contribution in [0.1, 0.15) is 13.3 Å². The highest BCUT2D eigenvalue weighted by Gasteiger charge is 2.31. The average Bonchev–Trinajstić information content (AvgIpc) is 2.78. The van der Waals surface area contributed by atoms with Crippen LogP contribution >= 0.6 is 0 Å². The zero-order valence-corrected chi connectivity index (χ0v) is 9.82. The van der Waals surface area contributed by atoms with Gasteiger partial charge in [-0.2, -0.15) is 0 Å². The molecule has 1 aromatic rings. The first kappa shape index (κ1) is 10.3.